The van der Waals surface area contributed by atoms with Crippen molar-refractivity contribution in [2.75, 3.05) is 6.26 Å². The highest BCUT2D eigenvalue weighted by Crippen LogP contribution is 2.16. The summed E-state index contributed by atoms with van der Waals surface area (Å²) >= 11 is 1.48. The fourth-order valence-electron chi connectivity index (χ4n) is 1.45. The van der Waals surface area contributed by atoms with Crippen LogP contribution >= 0.6 is 11.8 Å². The Bertz CT molecular complexity index is 216. The lowest BCUT2D eigenvalue weighted by Crippen LogP contribution is -2.20. The predicted molar refractivity (Wildman–Crippen MR) is 63.2 cm³/mol. The Kier molecular flexibility index (Phi) is 7.31. The van der Waals surface area contributed by atoms with E-state index in [9.17, 15) is 0 Å². The molecule has 3 nitrogen and oxygen atoms in total. The molecule has 0 bridgehead atoms. The minimum Gasteiger partial charge on any atom is -0.272 e. The number of nitrogens with zero attached hydrogens (tertiary/aromatic N) is 2. The maximum atomic E-state index is 8.48. The van der Waals surface area contributed by atoms with Crippen molar-refractivity contribution >= 4 is 16.9 Å². The molecule has 0 aromatic rings. The minimum atomic E-state index is 0.285. The normalized spacial score (nSPS) is 13.9. The molecule has 80 valence electrons. The van der Waals surface area contributed by atoms with E-state index in [1.165, 1.54) is 11.8 Å². The Hall–Kier alpha value is -0.690. The van der Waals surface area contributed by atoms with Crippen molar-refractivity contribution in [3.8, 4) is 6.19 Å². The molecule has 0 aromatic carbocycles. The van der Waals surface area contributed by atoms with Crippen molar-refractivity contribution < 1.29 is 0 Å². The average molecular weight is 213 g/mol. The van der Waals surface area contributed by atoms with Gasteiger partial charge in [-0.1, -0.05) is 38.5 Å². The third-order valence-corrected chi connectivity index (χ3v) is 3.00. The average Bonchev–Trinajstić information content (AvgIpc) is 2.19. The van der Waals surface area contributed by atoms with E-state index in [1.54, 1.807) is 0 Å². The van der Waals surface area contributed by atoms with Crippen molar-refractivity contribution in [3.05, 3.63) is 0 Å². The Labute approximate surface area is 91.0 Å². The summed E-state index contributed by atoms with van der Waals surface area (Å²) in [6, 6.07) is 0.285. The van der Waals surface area contributed by atoms with E-state index >= 15 is 0 Å². The van der Waals surface area contributed by atoms with Crippen molar-refractivity contribution in [1.82, 2.24) is 5.32 Å². The number of amidine groups is 1. The summed E-state index contributed by atoms with van der Waals surface area (Å²) in [6.45, 7) is 6.46. The maximum Gasteiger partial charge on any atom is 0.183 e. The molecule has 0 aliphatic rings. The zero-order valence-electron chi connectivity index (χ0n) is 9.37. The van der Waals surface area contributed by atoms with Gasteiger partial charge >= 0.3 is 0 Å². The van der Waals surface area contributed by atoms with Gasteiger partial charge in [0.1, 0.15) is 0 Å². The summed E-state index contributed by atoms with van der Waals surface area (Å²) < 4.78 is 0. The van der Waals surface area contributed by atoms with E-state index in [-0.39, 0.29) is 6.04 Å². The van der Waals surface area contributed by atoms with Crippen LogP contribution in [0.5, 0.6) is 0 Å². The summed E-state index contributed by atoms with van der Waals surface area (Å²) in [5.41, 5.74) is 0. The second-order valence-corrected chi connectivity index (χ2v) is 3.99. The molecule has 0 aromatic heterocycles. The van der Waals surface area contributed by atoms with Crippen molar-refractivity contribution in [1.29, 1.82) is 5.26 Å². The zero-order valence-corrected chi connectivity index (χ0v) is 10.2. The molecule has 0 saturated heterocycles. The van der Waals surface area contributed by atoms with Gasteiger partial charge < -0.3 is 0 Å². The van der Waals surface area contributed by atoms with Crippen molar-refractivity contribution in [3.63, 3.8) is 0 Å². The van der Waals surface area contributed by atoms with Crippen LogP contribution in [-0.2, 0) is 0 Å². The highest BCUT2D eigenvalue weighted by atomic mass is 32.2. The summed E-state index contributed by atoms with van der Waals surface area (Å²) in [7, 11) is 0. The first kappa shape index (κ1) is 13.3. The molecule has 1 unspecified atom stereocenters. The molecule has 1 N–H and O–H groups in total. The second kappa shape index (κ2) is 7.69. The van der Waals surface area contributed by atoms with E-state index in [4.69, 9.17) is 5.26 Å². The van der Waals surface area contributed by atoms with Gasteiger partial charge in [0.25, 0.3) is 0 Å². The molecule has 0 aliphatic heterocycles. The lowest BCUT2D eigenvalue weighted by Gasteiger charge is -2.17. The molecular weight excluding hydrogens is 194 g/mol. The van der Waals surface area contributed by atoms with Gasteiger partial charge in [-0.2, -0.15) is 5.26 Å². The van der Waals surface area contributed by atoms with E-state index < -0.39 is 0 Å². The molecule has 0 saturated carbocycles. The minimum absolute atomic E-state index is 0.285. The molecule has 0 spiro atoms. The molecule has 0 heterocycles. The Morgan fingerprint density at radius 3 is 2.43 bits per heavy atom. The predicted octanol–water partition coefficient (Wildman–Crippen LogP) is 2.60. The van der Waals surface area contributed by atoms with Crippen LogP contribution in [0, 0.1) is 17.4 Å². The first-order chi connectivity index (χ1) is 6.69. The van der Waals surface area contributed by atoms with E-state index in [0.717, 1.165) is 12.8 Å². The number of hydrogen-bond donors (Lipinski definition) is 1. The van der Waals surface area contributed by atoms with Gasteiger partial charge in [-0.3, -0.25) is 10.3 Å². The van der Waals surface area contributed by atoms with Crippen LogP contribution in [0.25, 0.3) is 0 Å². The molecule has 1 atom stereocenters. The lowest BCUT2D eigenvalue weighted by molar-refractivity contribution is 0.419. The number of aliphatic imine (C=N–C) groups is 1. The second-order valence-electron chi connectivity index (χ2n) is 3.19. The van der Waals surface area contributed by atoms with Gasteiger partial charge in [-0.05, 0) is 19.1 Å². The Morgan fingerprint density at radius 2 is 2.07 bits per heavy atom. The smallest absolute Gasteiger partial charge is 0.183 e. The zero-order chi connectivity index (χ0) is 11.0. The molecule has 0 rings (SSSR count). The van der Waals surface area contributed by atoms with Crippen molar-refractivity contribution in [2.45, 2.75) is 39.7 Å². The van der Waals surface area contributed by atoms with E-state index in [2.05, 4.69) is 31.1 Å². The van der Waals surface area contributed by atoms with Gasteiger partial charge in [0.2, 0.25) is 0 Å². The molecule has 4 heteroatoms. The first-order valence-corrected chi connectivity index (χ1v) is 6.18. The van der Waals surface area contributed by atoms with Gasteiger partial charge in [0.05, 0.1) is 6.04 Å². The molecular formula is C10H19N3S. The summed E-state index contributed by atoms with van der Waals surface area (Å²) in [4.78, 5) is 4.47. The monoisotopic (exact) mass is 213 g/mol. The fraction of sp³-hybridized carbons (Fsp3) is 0.800. The third kappa shape index (κ3) is 4.52. The van der Waals surface area contributed by atoms with Crippen molar-refractivity contribution in [2.24, 2.45) is 10.9 Å². The van der Waals surface area contributed by atoms with Crippen LogP contribution < -0.4 is 5.32 Å². The number of thioether (sulfide) groups is 1. The van der Waals surface area contributed by atoms with Crippen LogP contribution in [0.1, 0.15) is 33.6 Å². The quantitative estimate of drug-likeness (QED) is 0.338. The van der Waals surface area contributed by atoms with Crippen LogP contribution in [-0.4, -0.2) is 17.5 Å². The lowest BCUT2D eigenvalue weighted by atomic mass is 9.96. The van der Waals surface area contributed by atoms with Crippen LogP contribution in [0.2, 0.25) is 0 Å². The molecule has 14 heavy (non-hydrogen) atoms. The Morgan fingerprint density at radius 1 is 1.50 bits per heavy atom. The number of hydrogen-bond acceptors (Lipinski definition) is 3. The Balaban J connectivity index is 4.36. The SMILES string of the molecule is CCC(CC)C(C)N=C(NC#N)SC. The molecule has 0 aliphatic carbocycles. The van der Waals surface area contributed by atoms with Gasteiger partial charge in [0, 0.05) is 0 Å². The largest absolute Gasteiger partial charge is 0.272 e. The first-order valence-electron chi connectivity index (χ1n) is 4.96. The summed E-state index contributed by atoms with van der Waals surface area (Å²) in [6.07, 6.45) is 6.09. The van der Waals surface area contributed by atoms with Gasteiger partial charge in [-0.25, -0.2) is 0 Å². The fourth-order valence-corrected chi connectivity index (χ4v) is 1.86. The van der Waals surface area contributed by atoms with Crippen LogP contribution in [0.15, 0.2) is 4.99 Å². The topological polar surface area (TPSA) is 48.2 Å². The van der Waals surface area contributed by atoms with Crippen LogP contribution in [0.4, 0.5) is 0 Å². The number of nitrogens with one attached hydrogen (secondary N) is 1. The van der Waals surface area contributed by atoms with E-state index in [1.807, 2.05) is 12.4 Å². The molecule has 0 radical (unpaired) electrons. The van der Waals surface area contributed by atoms with Crippen LogP contribution in [0.3, 0.4) is 0 Å². The highest BCUT2D eigenvalue weighted by Gasteiger charge is 2.12. The third-order valence-electron chi connectivity index (χ3n) is 2.41. The van der Waals surface area contributed by atoms with Gasteiger partial charge in [0.15, 0.2) is 11.4 Å². The summed E-state index contributed by atoms with van der Waals surface area (Å²) in [5, 5.41) is 11.8. The standard InChI is InChI=1S/C10H19N3S/c1-5-9(6-2)8(3)13-10(14-4)12-7-11/h8-9H,5-6H2,1-4H3,(H,12,13). The number of rotatable bonds is 4. The molecule has 0 amide bonds. The maximum absolute atomic E-state index is 8.48. The molecule has 0 fully saturated rings. The van der Waals surface area contributed by atoms with Gasteiger partial charge in [-0.15, -0.1) is 0 Å². The summed E-state index contributed by atoms with van der Waals surface area (Å²) in [5.74, 6) is 0.609. The van der Waals surface area contributed by atoms with E-state index in [0.29, 0.717) is 11.1 Å². The number of nitriles is 1. The highest BCUT2D eigenvalue weighted by molar-refractivity contribution is 8.13.